The van der Waals surface area contributed by atoms with Gasteiger partial charge in [-0.05, 0) is 39.6 Å². The SMILES string of the molecule is O=C(O)c1ccc(CN2Cc3cccc4cccc(c34)C2)cc1. The zero-order valence-corrected chi connectivity index (χ0v) is 12.7. The molecule has 0 amide bonds. The van der Waals surface area contributed by atoms with Gasteiger partial charge in [-0.15, -0.1) is 0 Å². The summed E-state index contributed by atoms with van der Waals surface area (Å²) in [6, 6.07) is 20.1. The first-order chi connectivity index (χ1) is 11.2. The van der Waals surface area contributed by atoms with Gasteiger partial charge in [-0.2, -0.15) is 0 Å². The van der Waals surface area contributed by atoms with E-state index in [4.69, 9.17) is 5.11 Å². The van der Waals surface area contributed by atoms with Crippen molar-refractivity contribution in [2.75, 3.05) is 0 Å². The average molecular weight is 303 g/mol. The van der Waals surface area contributed by atoms with Gasteiger partial charge in [-0.3, -0.25) is 4.90 Å². The summed E-state index contributed by atoms with van der Waals surface area (Å²) < 4.78 is 0. The van der Waals surface area contributed by atoms with Crippen LogP contribution in [0.5, 0.6) is 0 Å². The van der Waals surface area contributed by atoms with Crippen LogP contribution in [0.25, 0.3) is 10.8 Å². The van der Waals surface area contributed by atoms with Crippen molar-refractivity contribution in [3.05, 3.63) is 82.9 Å². The predicted molar refractivity (Wildman–Crippen MR) is 90.3 cm³/mol. The minimum atomic E-state index is -0.880. The van der Waals surface area contributed by atoms with E-state index in [1.54, 1.807) is 12.1 Å². The van der Waals surface area contributed by atoms with Gasteiger partial charge in [0.05, 0.1) is 5.56 Å². The van der Waals surface area contributed by atoms with Crippen molar-refractivity contribution in [2.45, 2.75) is 19.6 Å². The van der Waals surface area contributed by atoms with E-state index >= 15 is 0 Å². The van der Waals surface area contributed by atoms with Crippen LogP contribution in [0.4, 0.5) is 0 Å². The topological polar surface area (TPSA) is 40.5 Å². The monoisotopic (exact) mass is 303 g/mol. The molecule has 0 fully saturated rings. The second-order valence-corrected chi connectivity index (χ2v) is 6.08. The fourth-order valence-corrected chi connectivity index (χ4v) is 3.43. The van der Waals surface area contributed by atoms with Gasteiger partial charge in [-0.25, -0.2) is 4.79 Å². The van der Waals surface area contributed by atoms with Crippen molar-refractivity contribution in [2.24, 2.45) is 0 Å². The first-order valence-electron chi connectivity index (χ1n) is 7.75. The quantitative estimate of drug-likeness (QED) is 0.793. The number of benzene rings is 3. The Morgan fingerprint density at radius 3 is 2.09 bits per heavy atom. The summed E-state index contributed by atoms with van der Waals surface area (Å²) >= 11 is 0. The third-order valence-corrected chi connectivity index (χ3v) is 4.47. The van der Waals surface area contributed by atoms with Crippen molar-refractivity contribution in [1.29, 1.82) is 0 Å². The van der Waals surface area contributed by atoms with Crippen molar-refractivity contribution in [3.63, 3.8) is 0 Å². The summed E-state index contributed by atoms with van der Waals surface area (Å²) in [4.78, 5) is 13.3. The van der Waals surface area contributed by atoms with Gasteiger partial charge in [-0.1, -0.05) is 48.5 Å². The minimum absolute atomic E-state index is 0.336. The molecule has 1 aliphatic rings. The van der Waals surface area contributed by atoms with E-state index in [9.17, 15) is 4.79 Å². The third kappa shape index (κ3) is 2.60. The van der Waals surface area contributed by atoms with Gasteiger partial charge in [0, 0.05) is 19.6 Å². The lowest BCUT2D eigenvalue weighted by Gasteiger charge is -2.29. The number of carboxylic acids is 1. The summed E-state index contributed by atoms with van der Waals surface area (Å²) in [5.41, 5.74) is 4.21. The molecule has 114 valence electrons. The van der Waals surface area contributed by atoms with Crippen molar-refractivity contribution < 1.29 is 9.90 Å². The van der Waals surface area contributed by atoms with E-state index in [0.717, 1.165) is 25.2 Å². The smallest absolute Gasteiger partial charge is 0.335 e. The molecule has 3 nitrogen and oxygen atoms in total. The Bertz CT molecular complexity index is 843. The van der Waals surface area contributed by atoms with Gasteiger partial charge in [0.1, 0.15) is 0 Å². The van der Waals surface area contributed by atoms with Crippen molar-refractivity contribution in [1.82, 2.24) is 4.90 Å². The fourth-order valence-electron chi connectivity index (χ4n) is 3.43. The molecule has 3 aromatic rings. The summed E-state index contributed by atoms with van der Waals surface area (Å²) in [7, 11) is 0. The van der Waals surface area contributed by atoms with Crippen LogP contribution in [0.1, 0.15) is 27.0 Å². The van der Waals surface area contributed by atoms with Crippen LogP contribution in [-0.2, 0) is 19.6 Å². The molecule has 1 aliphatic heterocycles. The first-order valence-corrected chi connectivity index (χ1v) is 7.75. The summed E-state index contributed by atoms with van der Waals surface area (Å²) in [5.74, 6) is -0.880. The summed E-state index contributed by atoms with van der Waals surface area (Å²) in [6.07, 6.45) is 0. The molecule has 1 heterocycles. The molecule has 0 unspecified atom stereocenters. The molecule has 0 saturated heterocycles. The first kappa shape index (κ1) is 14.0. The molecule has 4 rings (SSSR count). The maximum absolute atomic E-state index is 10.9. The molecule has 3 heteroatoms. The Kier molecular flexibility index (Phi) is 3.36. The van der Waals surface area contributed by atoms with Crippen LogP contribution in [0.2, 0.25) is 0 Å². The Balaban J connectivity index is 1.59. The van der Waals surface area contributed by atoms with Crippen LogP contribution in [-0.4, -0.2) is 16.0 Å². The lowest BCUT2D eigenvalue weighted by Crippen LogP contribution is -2.26. The predicted octanol–water partition coefficient (Wildman–Crippen LogP) is 4.05. The van der Waals surface area contributed by atoms with E-state index in [-0.39, 0.29) is 0 Å². The van der Waals surface area contributed by atoms with E-state index in [2.05, 4.69) is 41.3 Å². The van der Waals surface area contributed by atoms with E-state index in [0.29, 0.717) is 5.56 Å². The van der Waals surface area contributed by atoms with E-state index in [1.807, 2.05) is 12.1 Å². The summed E-state index contributed by atoms with van der Waals surface area (Å²) in [6.45, 7) is 2.68. The van der Waals surface area contributed by atoms with Crippen molar-refractivity contribution >= 4 is 16.7 Å². The summed E-state index contributed by atoms with van der Waals surface area (Å²) in [5, 5.41) is 11.7. The van der Waals surface area contributed by atoms with Crippen LogP contribution < -0.4 is 0 Å². The minimum Gasteiger partial charge on any atom is -0.478 e. The van der Waals surface area contributed by atoms with Crippen molar-refractivity contribution in [3.8, 4) is 0 Å². The highest BCUT2D eigenvalue weighted by atomic mass is 16.4. The van der Waals surface area contributed by atoms with E-state index < -0.39 is 5.97 Å². The second-order valence-electron chi connectivity index (χ2n) is 6.08. The Hall–Kier alpha value is -2.65. The standard InChI is InChI=1S/C20H17NO2/c22-20(23)16-9-7-14(8-10-16)11-21-12-17-5-1-3-15-4-2-6-18(13-21)19(15)17/h1-10H,11-13H2,(H,22,23). The molecule has 0 atom stereocenters. The molecule has 3 aromatic carbocycles. The molecular weight excluding hydrogens is 286 g/mol. The van der Waals surface area contributed by atoms with Gasteiger partial charge < -0.3 is 5.11 Å². The number of hydrogen-bond acceptors (Lipinski definition) is 2. The number of carbonyl (C=O) groups is 1. The molecule has 0 radical (unpaired) electrons. The normalized spacial score (nSPS) is 14.1. The highest BCUT2D eigenvalue weighted by Gasteiger charge is 2.18. The van der Waals surface area contributed by atoms with Crippen LogP contribution >= 0.6 is 0 Å². The van der Waals surface area contributed by atoms with Gasteiger partial charge in [0.2, 0.25) is 0 Å². The molecule has 0 saturated carbocycles. The van der Waals surface area contributed by atoms with Gasteiger partial charge in [0.15, 0.2) is 0 Å². The number of rotatable bonds is 3. The van der Waals surface area contributed by atoms with Crippen LogP contribution in [0, 0.1) is 0 Å². The molecular formula is C20H17NO2. The molecule has 1 N–H and O–H groups in total. The Labute approximate surface area is 134 Å². The van der Waals surface area contributed by atoms with E-state index in [1.165, 1.54) is 21.9 Å². The second kappa shape index (κ2) is 5.52. The highest BCUT2D eigenvalue weighted by Crippen LogP contribution is 2.30. The lowest BCUT2D eigenvalue weighted by atomic mass is 9.95. The van der Waals surface area contributed by atoms with Gasteiger partial charge >= 0.3 is 5.97 Å². The zero-order chi connectivity index (χ0) is 15.8. The Morgan fingerprint density at radius 2 is 1.52 bits per heavy atom. The third-order valence-electron chi connectivity index (χ3n) is 4.47. The molecule has 23 heavy (non-hydrogen) atoms. The average Bonchev–Trinajstić information content (AvgIpc) is 2.56. The Morgan fingerprint density at radius 1 is 0.913 bits per heavy atom. The van der Waals surface area contributed by atoms with Gasteiger partial charge in [0.25, 0.3) is 0 Å². The molecule has 0 aliphatic carbocycles. The maximum Gasteiger partial charge on any atom is 0.335 e. The zero-order valence-electron chi connectivity index (χ0n) is 12.7. The molecule has 0 bridgehead atoms. The largest absolute Gasteiger partial charge is 0.478 e. The van der Waals surface area contributed by atoms with Crippen LogP contribution in [0.3, 0.4) is 0 Å². The molecule has 0 spiro atoms. The number of aromatic carboxylic acids is 1. The number of nitrogens with zero attached hydrogens (tertiary/aromatic N) is 1. The number of carboxylic acid groups (broad SMARTS) is 1. The van der Waals surface area contributed by atoms with Crippen LogP contribution in [0.15, 0.2) is 60.7 Å². The molecule has 0 aromatic heterocycles. The highest BCUT2D eigenvalue weighted by molar-refractivity contribution is 5.89. The fraction of sp³-hybridized carbons (Fsp3) is 0.150. The number of hydrogen-bond donors (Lipinski definition) is 1. The maximum atomic E-state index is 10.9. The lowest BCUT2D eigenvalue weighted by molar-refractivity contribution is 0.0697.